The quantitative estimate of drug-likeness (QED) is 0.736. The number of halogens is 1. The lowest BCUT2D eigenvalue weighted by atomic mass is 10.1. The third kappa shape index (κ3) is 2.68. The molecular weight excluding hydrogens is 362 g/mol. The number of aryl methyl sites for hydroxylation is 2. The molecule has 0 bridgehead atoms. The minimum atomic E-state index is -1.10. The van der Waals surface area contributed by atoms with E-state index in [0.717, 1.165) is 10.0 Å². The number of carbonyl (C=O) groups is 1. The van der Waals surface area contributed by atoms with Crippen molar-refractivity contribution in [2.24, 2.45) is 0 Å². The predicted molar refractivity (Wildman–Crippen MR) is 89.2 cm³/mol. The van der Waals surface area contributed by atoms with Crippen molar-refractivity contribution in [3.05, 3.63) is 67.2 Å². The van der Waals surface area contributed by atoms with Crippen LogP contribution in [0.2, 0.25) is 0 Å². The molecule has 0 amide bonds. The zero-order valence-electron chi connectivity index (χ0n) is 12.6. The molecule has 3 rings (SSSR count). The summed E-state index contributed by atoms with van der Waals surface area (Å²) in [6, 6.07) is 7.69. The van der Waals surface area contributed by atoms with Crippen LogP contribution in [0.3, 0.4) is 0 Å². The molecular formula is C16H14BrN3O3. The van der Waals surface area contributed by atoms with Gasteiger partial charge < -0.3 is 5.11 Å². The lowest BCUT2D eigenvalue weighted by Crippen LogP contribution is -2.22. The van der Waals surface area contributed by atoms with Gasteiger partial charge in [0.1, 0.15) is 5.56 Å². The molecule has 3 aromatic rings. The van der Waals surface area contributed by atoms with Gasteiger partial charge in [-0.15, -0.1) is 0 Å². The first-order chi connectivity index (χ1) is 10.9. The number of nitrogens with one attached hydrogen (secondary N) is 1. The van der Waals surface area contributed by atoms with Gasteiger partial charge >= 0.3 is 5.97 Å². The van der Waals surface area contributed by atoms with E-state index in [1.54, 1.807) is 13.8 Å². The van der Waals surface area contributed by atoms with Gasteiger partial charge in [-0.1, -0.05) is 28.1 Å². The number of aromatic carboxylic acids is 1. The molecule has 0 saturated carbocycles. The highest BCUT2D eigenvalue weighted by Crippen LogP contribution is 2.17. The number of aromatic nitrogens is 3. The second-order valence-electron chi connectivity index (χ2n) is 5.36. The van der Waals surface area contributed by atoms with Crippen molar-refractivity contribution in [2.75, 3.05) is 0 Å². The molecule has 118 valence electrons. The molecule has 0 aliphatic heterocycles. The van der Waals surface area contributed by atoms with Crippen molar-refractivity contribution in [3.63, 3.8) is 0 Å². The molecule has 2 N–H and O–H groups in total. The number of carboxylic acid groups (broad SMARTS) is 1. The molecule has 0 aliphatic rings. The zero-order valence-corrected chi connectivity index (χ0v) is 14.1. The minimum Gasteiger partial charge on any atom is -0.477 e. The average molecular weight is 376 g/mol. The normalized spacial score (nSPS) is 11.1. The fourth-order valence-electron chi connectivity index (χ4n) is 2.59. The van der Waals surface area contributed by atoms with Crippen LogP contribution < -0.4 is 5.56 Å². The smallest absolute Gasteiger partial charge is 0.341 e. The summed E-state index contributed by atoms with van der Waals surface area (Å²) in [5.74, 6) is -1.10. The third-order valence-corrected chi connectivity index (χ3v) is 4.30. The van der Waals surface area contributed by atoms with Crippen molar-refractivity contribution in [1.82, 2.24) is 14.6 Å². The largest absolute Gasteiger partial charge is 0.477 e. The zero-order chi connectivity index (χ0) is 16.7. The van der Waals surface area contributed by atoms with Gasteiger partial charge in [0.25, 0.3) is 5.56 Å². The Bertz CT molecular complexity index is 971. The van der Waals surface area contributed by atoms with E-state index in [9.17, 15) is 14.7 Å². The Kier molecular flexibility index (Phi) is 3.81. The number of hydrogen-bond acceptors (Lipinski definition) is 3. The topological polar surface area (TPSA) is 87.5 Å². The Hall–Kier alpha value is -2.41. The number of nitrogens with zero attached hydrogens (tertiary/aromatic N) is 2. The van der Waals surface area contributed by atoms with Gasteiger partial charge in [0.15, 0.2) is 5.65 Å². The van der Waals surface area contributed by atoms with Gasteiger partial charge in [0.05, 0.1) is 0 Å². The Morgan fingerprint density at radius 2 is 1.96 bits per heavy atom. The molecule has 0 atom stereocenters. The molecule has 0 radical (unpaired) electrons. The summed E-state index contributed by atoms with van der Waals surface area (Å²) in [7, 11) is 0. The number of benzene rings is 1. The van der Waals surface area contributed by atoms with Gasteiger partial charge in [-0.2, -0.15) is 0 Å². The highest BCUT2D eigenvalue weighted by molar-refractivity contribution is 9.10. The summed E-state index contributed by atoms with van der Waals surface area (Å²) in [5.41, 5.74) is 2.38. The summed E-state index contributed by atoms with van der Waals surface area (Å²) in [5, 5.41) is 12.1. The maximum Gasteiger partial charge on any atom is 0.341 e. The summed E-state index contributed by atoms with van der Waals surface area (Å²) >= 11 is 3.38. The first-order valence-electron chi connectivity index (χ1n) is 6.97. The Morgan fingerprint density at radius 1 is 1.30 bits per heavy atom. The van der Waals surface area contributed by atoms with Crippen LogP contribution in [0.1, 0.15) is 32.9 Å². The lowest BCUT2D eigenvalue weighted by Gasteiger charge is -2.06. The fourth-order valence-corrected chi connectivity index (χ4v) is 2.86. The van der Waals surface area contributed by atoms with E-state index in [2.05, 4.69) is 26.0 Å². The Morgan fingerprint density at radius 3 is 2.57 bits per heavy atom. The van der Waals surface area contributed by atoms with Gasteiger partial charge in [-0.05, 0) is 31.5 Å². The predicted octanol–water partition coefficient (Wildman–Crippen LogP) is 2.69. The average Bonchev–Trinajstić information content (AvgIpc) is 2.82. The van der Waals surface area contributed by atoms with Gasteiger partial charge in [-0.25, -0.2) is 14.3 Å². The van der Waals surface area contributed by atoms with Crippen LogP contribution in [-0.4, -0.2) is 25.7 Å². The van der Waals surface area contributed by atoms with Crippen LogP contribution in [0.4, 0.5) is 0 Å². The van der Waals surface area contributed by atoms with Crippen molar-refractivity contribution in [2.45, 2.75) is 20.3 Å². The van der Waals surface area contributed by atoms with Gasteiger partial charge in [0, 0.05) is 27.8 Å². The van der Waals surface area contributed by atoms with Crippen LogP contribution >= 0.6 is 15.9 Å². The van der Waals surface area contributed by atoms with E-state index in [1.165, 1.54) is 4.52 Å². The first kappa shape index (κ1) is 15.5. The molecule has 0 spiro atoms. The molecule has 2 heterocycles. The number of hydrogen-bond donors (Lipinski definition) is 2. The molecule has 2 aromatic heterocycles. The minimum absolute atomic E-state index is 0.0281. The number of aromatic amines is 1. The fraction of sp³-hybridized carbons (Fsp3) is 0.188. The van der Waals surface area contributed by atoms with Crippen molar-refractivity contribution < 1.29 is 9.90 Å². The van der Waals surface area contributed by atoms with Crippen LogP contribution in [0, 0.1) is 13.8 Å². The third-order valence-electron chi connectivity index (χ3n) is 3.77. The molecule has 7 heteroatoms. The first-order valence-corrected chi connectivity index (χ1v) is 7.76. The molecule has 0 fully saturated rings. The number of fused-ring (bicyclic) bond motifs is 1. The lowest BCUT2D eigenvalue weighted by molar-refractivity contribution is 0.0698. The highest BCUT2D eigenvalue weighted by Gasteiger charge is 2.20. The second-order valence-corrected chi connectivity index (χ2v) is 6.28. The molecule has 1 aromatic carbocycles. The van der Waals surface area contributed by atoms with E-state index in [-0.39, 0.29) is 16.8 Å². The van der Waals surface area contributed by atoms with E-state index in [0.29, 0.717) is 23.4 Å². The van der Waals surface area contributed by atoms with E-state index in [1.807, 2.05) is 24.3 Å². The molecule has 0 aliphatic carbocycles. The van der Waals surface area contributed by atoms with Crippen LogP contribution in [-0.2, 0) is 6.42 Å². The van der Waals surface area contributed by atoms with E-state index >= 15 is 0 Å². The van der Waals surface area contributed by atoms with Crippen molar-refractivity contribution >= 4 is 27.5 Å². The summed E-state index contributed by atoms with van der Waals surface area (Å²) < 4.78 is 2.18. The molecule has 0 unspecified atom stereocenters. The van der Waals surface area contributed by atoms with Gasteiger partial charge in [0.2, 0.25) is 0 Å². The van der Waals surface area contributed by atoms with Crippen LogP contribution in [0.15, 0.2) is 33.5 Å². The van der Waals surface area contributed by atoms with Crippen LogP contribution in [0.5, 0.6) is 0 Å². The standard InChI is InChI=1S/C16H14BrN3O3/c1-8-12(7-10-3-5-11(17)6-4-10)15(21)20-14(18-8)13(16(22)23)9(2)19-20/h3-6,19H,7H2,1-2H3,(H,22,23). The summed E-state index contributed by atoms with van der Waals surface area (Å²) in [4.78, 5) is 28.4. The van der Waals surface area contributed by atoms with Gasteiger partial charge in [-0.3, -0.25) is 9.89 Å². The molecule has 23 heavy (non-hydrogen) atoms. The highest BCUT2D eigenvalue weighted by atomic mass is 79.9. The molecule has 6 nitrogen and oxygen atoms in total. The van der Waals surface area contributed by atoms with E-state index < -0.39 is 5.97 Å². The van der Waals surface area contributed by atoms with Crippen LogP contribution in [0.25, 0.3) is 5.65 Å². The van der Waals surface area contributed by atoms with Crippen molar-refractivity contribution in [1.29, 1.82) is 0 Å². The monoisotopic (exact) mass is 375 g/mol. The van der Waals surface area contributed by atoms with Crippen molar-refractivity contribution in [3.8, 4) is 0 Å². The second kappa shape index (κ2) is 5.66. The maximum atomic E-state index is 12.7. The maximum absolute atomic E-state index is 12.7. The Labute approximate surface area is 139 Å². The summed E-state index contributed by atoms with van der Waals surface area (Å²) in [6.45, 7) is 3.34. The van der Waals surface area contributed by atoms with E-state index in [4.69, 9.17) is 0 Å². The Balaban J connectivity index is 2.17. The molecule has 0 saturated heterocycles. The number of rotatable bonds is 3. The SMILES string of the molecule is Cc1nc2c(C(=O)O)c(C)[nH]n2c(=O)c1Cc1ccc(Br)cc1. The summed E-state index contributed by atoms with van der Waals surface area (Å²) in [6.07, 6.45) is 0.439. The number of carboxylic acids is 1. The number of H-pyrrole nitrogens is 1.